The van der Waals surface area contributed by atoms with Crippen LogP contribution in [0.15, 0.2) is 0 Å². The number of alkyl halides is 1. The molecule has 0 unspecified atom stereocenters. The van der Waals surface area contributed by atoms with Crippen molar-refractivity contribution >= 4 is 21.6 Å². The number of nitrogens with zero attached hydrogens (tertiary/aromatic N) is 2. The largest absolute Gasteiger partial charge is 0.298 e. The second-order valence-electron chi connectivity index (χ2n) is 4.17. The van der Waals surface area contributed by atoms with E-state index in [1.54, 1.807) is 4.31 Å². The van der Waals surface area contributed by atoms with Crippen molar-refractivity contribution in [1.82, 2.24) is 9.21 Å². The van der Waals surface area contributed by atoms with Gasteiger partial charge in [-0.25, -0.2) is 8.42 Å². The first kappa shape index (κ1) is 11.6. The summed E-state index contributed by atoms with van der Waals surface area (Å²) in [5, 5.41) is 0. The first-order chi connectivity index (χ1) is 7.13. The first-order valence-electron chi connectivity index (χ1n) is 5.41. The Kier molecular flexibility index (Phi) is 3.55. The quantitative estimate of drug-likeness (QED) is 0.678. The molecule has 1 aliphatic carbocycles. The maximum atomic E-state index is 11.7. The van der Waals surface area contributed by atoms with Gasteiger partial charge in [-0.2, -0.15) is 4.31 Å². The second kappa shape index (κ2) is 4.57. The van der Waals surface area contributed by atoms with E-state index in [0.717, 1.165) is 19.1 Å². The molecule has 0 amide bonds. The van der Waals surface area contributed by atoms with Crippen molar-refractivity contribution in [3.63, 3.8) is 0 Å². The molecule has 1 saturated heterocycles. The van der Waals surface area contributed by atoms with Crippen LogP contribution in [0.25, 0.3) is 0 Å². The molecule has 0 bridgehead atoms. The molecule has 0 spiro atoms. The molecular formula is C9H17ClN2O2S. The van der Waals surface area contributed by atoms with Crippen molar-refractivity contribution in [2.75, 3.05) is 37.8 Å². The molecule has 4 nitrogen and oxygen atoms in total. The summed E-state index contributed by atoms with van der Waals surface area (Å²) in [6, 6.07) is 0.739. The van der Waals surface area contributed by atoms with E-state index in [4.69, 9.17) is 11.6 Å². The second-order valence-corrected chi connectivity index (χ2v) is 6.64. The Morgan fingerprint density at radius 2 is 1.73 bits per heavy atom. The van der Waals surface area contributed by atoms with Gasteiger partial charge >= 0.3 is 0 Å². The lowest BCUT2D eigenvalue weighted by atomic mass is 10.3. The van der Waals surface area contributed by atoms with Crippen LogP contribution in [0.1, 0.15) is 12.8 Å². The van der Waals surface area contributed by atoms with Crippen molar-refractivity contribution in [3.05, 3.63) is 0 Å². The third-order valence-electron chi connectivity index (χ3n) is 3.06. The lowest BCUT2D eigenvalue weighted by Crippen LogP contribution is -2.49. The highest BCUT2D eigenvalue weighted by atomic mass is 35.5. The van der Waals surface area contributed by atoms with E-state index in [-0.39, 0.29) is 11.6 Å². The molecule has 2 rings (SSSR count). The van der Waals surface area contributed by atoms with Crippen LogP contribution in [0.5, 0.6) is 0 Å². The van der Waals surface area contributed by atoms with Gasteiger partial charge in [-0.3, -0.25) is 4.90 Å². The molecule has 2 fully saturated rings. The third kappa shape index (κ3) is 2.84. The van der Waals surface area contributed by atoms with E-state index in [0.29, 0.717) is 13.1 Å². The van der Waals surface area contributed by atoms with E-state index >= 15 is 0 Å². The summed E-state index contributed by atoms with van der Waals surface area (Å²) in [6.07, 6.45) is 2.57. The Morgan fingerprint density at radius 1 is 1.13 bits per heavy atom. The topological polar surface area (TPSA) is 40.6 Å². The van der Waals surface area contributed by atoms with E-state index in [2.05, 4.69) is 4.90 Å². The number of rotatable bonds is 4. The van der Waals surface area contributed by atoms with Crippen LogP contribution in [0.2, 0.25) is 0 Å². The smallest absolute Gasteiger partial charge is 0.215 e. The highest BCUT2D eigenvalue weighted by molar-refractivity contribution is 7.89. The molecule has 6 heteroatoms. The van der Waals surface area contributed by atoms with E-state index in [1.165, 1.54) is 12.8 Å². The molecule has 1 heterocycles. The molecule has 0 aromatic carbocycles. The normalized spacial score (nSPS) is 25.7. The summed E-state index contributed by atoms with van der Waals surface area (Å²) in [4.78, 5) is 2.40. The molecule has 0 aromatic rings. The van der Waals surface area contributed by atoms with Crippen LogP contribution >= 0.6 is 11.6 Å². The predicted molar refractivity (Wildman–Crippen MR) is 60.7 cm³/mol. The Labute approximate surface area is 96.2 Å². The van der Waals surface area contributed by atoms with Gasteiger partial charge < -0.3 is 0 Å². The van der Waals surface area contributed by atoms with Gasteiger partial charge in [-0.1, -0.05) is 0 Å². The summed E-state index contributed by atoms with van der Waals surface area (Å²) in [6.45, 7) is 3.03. The summed E-state index contributed by atoms with van der Waals surface area (Å²) >= 11 is 5.48. The highest BCUT2D eigenvalue weighted by Crippen LogP contribution is 2.27. The molecule has 0 N–H and O–H groups in total. The first-order valence-corrected chi connectivity index (χ1v) is 7.56. The van der Waals surface area contributed by atoms with E-state index in [9.17, 15) is 8.42 Å². The van der Waals surface area contributed by atoms with Crippen LogP contribution in [0.4, 0.5) is 0 Å². The maximum Gasteiger partial charge on any atom is 0.215 e. The average Bonchev–Trinajstić information content (AvgIpc) is 3.01. The van der Waals surface area contributed by atoms with E-state index in [1.807, 2.05) is 0 Å². The van der Waals surface area contributed by atoms with Crippen LogP contribution in [0.3, 0.4) is 0 Å². The highest BCUT2D eigenvalue weighted by Gasteiger charge is 2.33. The monoisotopic (exact) mass is 252 g/mol. The van der Waals surface area contributed by atoms with Gasteiger partial charge in [0.2, 0.25) is 10.0 Å². The summed E-state index contributed by atoms with van der Waals surface area (Å²) in [7, 11) is -3.09. The minimum Gasteiger partial charge on any atom is -0.298 e. The SMILES string of the molecule is O=S(=O)(CCCl)N1CCN(C2CC2)CC1. The van der Waals surface area contributed by atoms with Gasteiger partial charge in [0.1, 0.15) is 0 Å². The van der Waals surface area contributed by atoms with Gasteiger partial charge in [0.05, 0.1) is 5.75 Å². The van der Waals surface area contributed by atoms with Crippen molar-refractivity contribution < 1.29 is 8.42 Å². The lowest BCUT2D eigenvalue weighted by Gasteiger charge is -2.33. The van der Waals surface area contributed by atoms with Crippen molar-refractivity contribution in [1.29, 1.82) is 0 Å². The standard InChI is InChI=1S/C9H17ClN2O2S/c10-3-8-15(13,14)12-6-4-11(5-7-12)9-1-2-9/h9H,1-8H2. The number of piperazine rings is 1. The molecule has 1 saturated carbocycles. The number of halogens is 1. The van der Waals surface area contributed by atoms with Crippen molar-refractivity contribution in [2.45, 2.75) is 18.9 Å². The molecule has 15 heavy (non-hydrogen) atoms. The maximum absolute atomic E-state index is 11.7. The van der Waals surface area contributed by atoms with Crippen LogP contribution in [-0.2, 0) is 10.0 Å². The fourth-order valence-electron chi connectivity index (χ4n) is 2.01. The van der Waals surface area contributed by atoms with Crippen LogP contribution in [-0.4, -0.2) is 61.5 Å². The number of hydrogen-bond acceptors (Lipinski definition) is 3. The minimum absolute atomic E-state index is 0.0674. The van der Waals surface area contributed by atoms with Gasteiger partial charge in [-0.15, -0.1) is 11.6 Å². The van der Waals surface area contributed by atoms with Gasteiger partial charge in [0, 0.05) is 38.1 Å². The summed E-state index contributed by atoms with van der Waals surface area (Å²) < 4.78 is 25.0. The Morgan fingerprint density at radius 3 is 2.20 bits per heavy atom. The molecule has 88 valence electrons. The van der Waals surface area contributed by atoms with Gasteiger partial charge in [0.25, 0.3) is 0 Å². The van der Waals surface area contributed by atoms with Crippen LogP contribution < -0.4 is 0 Å². The fraction of sp³-hybridized carbons (Fsp3) is 1.00. The summed E-state index contributed by atoms with van der Waals surface area (Å²) in [5.41, 5.74) is 0. The molecule has 0 radical (unpaired) electrons. The Bertz CT molecular complexity index is 308. The van der Waals surface area contributed by atoms with Crippen LogP contribution in [0, 0.1) is 0 Å². The number of sulfonamides is 1. The van der Waals surface area contributed by atoms with Gasteiger partial charge in [0.15, 0.2) is 0 Å². The predicted octanol–water partition coefficient (Wildman–Crippen LogP) is 0.335. The van der Waals surface area contributed by atoms with Crippen molar-refractivity contribution in [3.8, 4) is 0 Å². The zero-order valence-electron chi connectivity index (χ0n) is 8.73. The fourth-order valence-corrected chi connectivity index (χ4v) is 3.77. The zero-order chi connectivity index (χ0) is 10.9. The average molecular weight is 253 g/mol. The Balaban J connectivity index is 1.86. The third-order valence-corrected chi connectivity index (χ3v) is 5.35. The summed E-state index contributed by atoms with van der Waals surface area (Å²) in [5.74, 6) is 0.253. The molecule has 1 aliphatic heterocycles. The molecule has 2 aliphatic rings. The van der Waals surface area contributed by atoms with E-state index < -0.39 is 10.0 Å². The zero-order valence-corrected chi connectivity index (χ0v) is 10.3. The van der Waals surface area contributed by atoms with Crippen molar-refractivity contribution in [2.24, 2.45) is 0 Å². The molecule has 0 aromatic heterocycles. The Hall–Kier alpha value is 0.160. The number of hydrogen-bond donors (Lipinski definition) is 0. The molecular weight excluding hydrogens is 236 g/mol. The lowest BCUT2D eigenvalue weighted by molar-refractivity contribution is 0.180. The minimum atomic E-state index is -3.09. The molecule has 0 atom stereocenters. The van der Waals surface area contributed by atoms with Gasteiger partial charge in [-0.05, 0) is 12.8 Å².